The molecule has 2 nitrogen and oxygen atoms in total. The summed E-state index contributed by atoms with van der Waals surface area (Å²) >= 11 is 2.09. The van der Waals surface area contributed by atoms with Crippen LogP contribution in [0.3, 0.4) is 0 Å². The fourth-order valence-corrected chi connectivity index (χ4v) is 4.24. The van der Waals surface area contributed by atoms with Gasteiger partial charge in [-0.2, -0.15) is 11.8 Å². The van der Waals surface area contributed by atoms with Crippen LogP contribution in [0.4, 0.5) is 0 Å². The van der Waals surface area contributed by atoms with E-state index in [9.17, 15) is 4.79 Å². The van der Waals surface area contributed by atoms with Crippen molar-refractivity contribution in [2.45, 2.75) is 108 Å². The van der Waals surface area contributed by atoms with Crippen molar-refractivity contribution in [3.05, 3.63) is 0 Å². The van der Waals surface area contributed by atoms with E-state index in [1.807, 2.05) is 0 Å². The summed E-state index contributed by atoms with van der Waals surface area (Å²) in [7, 11) is 0. The predicted molar refractivity (Wildman–Crippen MR) is 102 cm³/mol. The van der Waals surface area contributed by atoms with Gasteiger partial charge in [-0.3, -0.25) is 4.79 Å². The molecule has 1 atom stereocenters. The molecule has 0 bridgehead atoms. The SMILES string of the molecule is CC1CCCOC(=O)CCCCCCCCCCCCCCS1. The molecule has 0 amide bonds. The Balaban J connectivity index is 2.17. The third-order valence-electron chi connectivity index (χ3n) is 4.70. The lowest BCUT2D eigenvalue weighted by atomic mass is 10.0. The molecule has 0 aromatic rings. The minimum absolute atomic E-state index is 0.0104. The summed E-state index contributed by atoms with van der Waals surface area (Å²) < 4.78 is 5.34. The van der Waals surface area contributed by atoms with Crippen molar-refractivity contribution in [3.63, 3.8) is 0 Å². The van der Waals surface area contributed by atoms with Gasteiger partial charge in [-0.05, 0) is 31.4 Å². The summed E-state index contributed by atoms with van der Waals surface area (Å²) in [6, 6.07) is 0. The van der Waals surface area contributed by atoms with Gasteiger partial charge in [-0.1, -0.05) is 71.1 Å². The van der Waals surface area contributed by atoms with Crippen molar-refractivity contribution in [2.75, 3.05) is 12.4 Å². The molecule has 1 heterocycles. The van der Waals surface area contributed by atoms with E-state index in [2.05, 4.69) is 18.7 Å². The van der Waals surface area contributed by atoms with Crippen LogP contribution in [0.15, 0.2) is 0 Å². The summed E-state index contributed by atoms with van der Waals surface area (Å²) in [5.41, 5.74) is 0. The van der Waals surface area contributed by atoms with Crippen LogP contribution in [0.2, 0.25) is 0 Å². The van der Waals surface area contributed by atoms with E-state index in [1.54, 1.807) is 0 Å². The minimum atomic E-state index is 0.0104. The molecule has 0 radical (unpaired) electrons. The molecular weight excluding hydrogens is 304 g/mol. The molecule has 0 aliphatic carbocycles. The molecule has 1 rings (SSSR count). The Kier molecular flexibility index (Phi) is 13.9. The lowest BCUT2D eigenvalue weighted by Crippen LogP contribution is -2.07. The Hall–Kier alpha value is -0.180. The van der Waals surface area contributed by atoms with Crippen LogP contribution in [-0.2, 0) is 9.53 Å². The van der Waals surface area contributed by atoms with E-state index < -0.39 is 0 Å². The van der Waals surface area contributed by atoms with Crippen LogP contribution in [0.5, 0.6) is 0 Å². The number of ether oxygens (including phenoxy) is 1. The van der Waals surface area contributed by atoms with Gasteiger partial charge in [0.2, 0.25) is 0 Å². The molecule has 23 heavy (non-hydrogen) atoms. The molecule has 1 aliphatic heterocycles. The summed E-state index contributed by atoms with van der Waals surface area (Å²) in [5, 5.41) is 0.697. The highest BCUT2D eigenvalue weighted by molar-refractivity contribution is 7.99. The van der Waals surface area contributed by atoms with Crippen LogP contribution in [-0.4, -0.2) is 23.6 Å². The molecule has 0 aromatic heterocycles. The van der Waals surface area contributed by atoms with Crippen molar-refractivity contribution in [2.24, 2.45) is 0 Å². The number of carbonyl (C=O) groups excluding carboxylic acids is 1. The molecule has 0 aromatic carbocycles. The quantitative estimate of drug-likeness (QED) is 0.469. The van der Waals surface area contributed by atoms with Crippen LogP contribution >= 0.6 is 11.8 Å². The zero-order valence-electron chi connectivity index (χ0n) is 15.3. The molecule has 1 unspecified atom stereocenters. The monoisotopic (exact) mass is 342 g/mol. The second-order valence-corrected chi connectivity index (χ2v) is 8.58. The normalized spacial score (nSPS) is 26.0. The molecule has 136 valence electrons. The Morgan fingerprint density at radius 2 is 1.30 bits per heavy atom. The van der Waals surface area contributed by atoms with Crippen LogP contribution in [0.25, 0.3) is 0 Å². The molecule has 0 saturated carbocycles. The van der Waals surface area contributed by atoms with Crippen molar-refractivity contribution < 1.29 is 9.53 Å². The second kappa shape index (κ2) is 15.4. The van der Waals surface area contributed by atoms with Gasteiger partial charge in [0.05, 0.1) is 6.61 Å². The third kappa shape index (κ3) is 13.9. The topological polar surface area (TPSA) is 26.3 Å². The highest BCUT2D eigenvalue weighted by Gasteiger charge is 2.06. The van der Waals surface area contributed by atoms with Gasteiger partial charge in [0.25, 0.3) is 0 Å². The Labute approximate surface area is 148 Å². The number of esters is 1. The van der Waals surface area contributed by atoms with Crippen molar-refractivity contribution in [1.29, 1.82) is 0 Å². The average molecular weight is 343 g/mol. The highest BCUT2D eigenvalue weighted by atomic mass is 32.2. The summed E-state index contributed by atoms with van der Waals surface area (Å²) in [6.07, 6.45) is 18.8. The van der Waals surface area contributed by atoms with Crippen molar-refractivity contribution in [1.82, 2.24) is 0 Å². The van der Waals surface area contributed by atoms with Crippen LogP contribution in [0, 0.1) is 0 Å². The van der Waals surface area contributed by atoms with E-state index in [4.69, 9.17) is 4.74 Å². The van der Waals surface area contributed by atoms with Gasteiger partial charge in [0, 0.05) is 11.7 Å². The maximum Gasteiger partial charge on any atom is 0.305 e. The molecular formula is C20H38O2S. The van der Waals surface area contributed by atoms with Gasteiger partial charge in [0.1, 0.15) is 0 Å². The predicted octanol–water partition coefficient (Wildman–Crippen LogP) is 6.52. The second-order valence-electron chi connectivity index (χ2n) is 7.04. The van der Waals surface area contributed by atoms with Gasteiger partial charge in [-0.25, -0.2) is 0 Å². The fraction of sp³-hybridized carbons (Fsp3) is 0.950. The first-order valence-corrected chi connectivity index (χ1v) is 11.1. The van der Waals surface area contributed by atoms with Gasteiger partial charge < -0.3 is 4.74 Å². The van der Waals surface area contributed by atoms with Gasteiger partial charge in [0.15, 0.2) is 0 Å². The Bertz CT molecular complexity index is 281. The van der Waals surface area contributed by atoms with E-state index in [0.29, 0.717) is 18.3 Å². The Morgan fingerprint density at radius 3 is 1.91 bits per heavy atom. The van der Waals surface area contributed by atoms with Crippen LogP contribution < -0.4 is 0 Å². The molecule has 1 aliphatic rings. The molecule has 0 N–H and O–H groups in total. The Morgan fingerprint density at radius 1 is 0.783 bits per heavy atom. The molecule has 1 saturated heterocycles. The van der Waals surface area contributed by atoms with Crippen LogP contribution in [0.1, 0.15) is 103 Å². The zero-order valence-corrected chi connectivity index (χ0v) is 16.1. The van der Waals surface area contributed by atoms with E-state index >= 15 is 0 Å². The smallest absolute Gasteiger partial charge is 0.305 e. The van der Waals surface area contributed by atoms with Crippen molar-refractivity contribution in [3.8, 4) is 0 Å². The standard InChI is InChI=1S/C20H38O2S/c1-19-15-14-17-22-20(21)16-12-10-8-6-4-2-3-5-7-9-11-13-18-23-19/h19H,2-18H2,1H3. The number of hydrogen-bond acceptors (Lipinski definition) is 3. The number of carbonyl (C=O) groups is 1. The van der Waals surface area contributed by atoms with E-state index in [1.165, 1.54) is 76.4 Å². The van der Waals surface area contributed by atoms with Crippen molar-refractivity contribution >= 4 is 17.7 Å². The van der Waals surface area contributed by atoms with E-state index in [0.717, 1.165) is 19.3 Å². The largest absolute Gasteiger partial charge is 0.466 e. The first-order chi connectivity index (χ1) is 11.3. The number of thioether (sulfide) groups is 1. The number of hydrogen-bond donors (Lipinski definition) is 0. The highest BCUT2D eigenvalue weighted by Crippen LogP contribution is 2.19. The molecule has 0 spiro atoms. The summed E-state index contributed by atoms with van der Waals surface area (Å²) in [6.45, 7) is 2.92. The third-order valence-corrected chi connectivity index (χ3v) is 6.02. The number of cyclic esters (lactones) is 1. The maximum atomic E-state index is 11.7. The lowest BCUT2D eigenvalue weighted by Gasteiger charge is -2.11. The first kappa shape index (κ1) is 20.9. The fourth-order valence-electron chi connectivity index (χ4n) is 3.14. The maximum absolute atomic E-state index is 11.7. The van der Waals surface area contributed by atoms with Gasteiger partial charge >= 0.3 is 5.97 Å². The number of rotatable bonds is 0. The van der Waals surface area contributed by atoms with E-state index in [-0.39, 0.29) is 5.97 Å². The van der Waals surface area contributed by atoms with Gasteiger partial charge in [-0.15, -0.1) is 0 Å². The lowest BCUT2D eigenvalue weighted by molar-refractivity contribution is -0.143. The minimum Gasteiger partial charge on any atom is -0.466 e. The summed E-state index contributed by atoms with van der Waals surface area (Å²) in [5.74, 6) is 1.30. The summed E-state index contributed by atoms with van der Waals surface area (Å²) in [4.78, 5) is 11.7. The molecule has 3 heteroatoms. The molecule has 1 fully saturated rings. The first-order valence-electron chi connectivity index (χ1n) is 10.1. The zero-order chi connectivity index (χ0) is 16.6. The average Bonchev–Trinajstić information content (AvgIpc) is 2.54.